The highest BCUT2D eigenvalue weighted by atomic mass is 79.9. The fourth-order valence-corrected chi connectivity index (χ4v) is 3.44. The Balaban J connectivity index is 3.48. The Labute approximate surface area is 156 Å². The Morgan fingerprint density at radius 2 is 1.85 bits per heavy atom. The number of nitrogens with zero attached hydrogens (tertiary/aromatic N) is 2. The van der Waals surface area contributed by atoms with Gasteiger partial charge in [-0.15, -0.1) is 0 Å². The van der Waals surface area contributed by atoms with Gasteiger partial charge in [-0.05, 0) is 28.1 Å². The van der Waals surface area contributed by atoms with E-state index in [1.807, 2.05) is 0 Å². The van der Waals surface area contributed by atoms with Crippen molar-refractivity contribution in [2.45, 2.75) is 16.9 Å². The number of nitrogens with one attached hydrogen (secondary N) is 1. The van der Waals surface area contributed by atoms with Gasteiger partial charge in [-0.25, -0.2) is 13.6 Å². The van der Waals surface area contributed by atoms with Crippen LogP contribution in [0.15, 0.2) is 17.1 Å². The molecule has 0 aliphatic heterocycles. The molecule has 0 bridgehead atoms. The van der Waals surface area contributed by atoms with Crippen LogP contribution in [-0.4, -0.2) is 25.3 Å². The second kappa shape index (κ2) is 8.01. The first-order valence-electron chi connectivity index (χ1n) is 5.96. The molecule has 1 aromatic rings. The van der Waals surface area contributed by atoms with Crippen molar-refractivity contribution in [3.8, 4) is 6.07 Å². The van der Waals surface area contributed by atoms with Gasteiger partial charge in [0, 0.05) is 0 Å². The predicted molar refractivity (Wildman–Crippen MR) is 83.8 cm³/mol. The lowest BCUT2D eigenvalue weighted by molar-refractivity contribution is -0.137. The molecule has 2 unspecified atom stereocenters. The van der Waals surface area contributed by atoms with Crippen LogP contribution in [0, 0.1) is 22.6 Å². The molecule has 0 saturated heterocycles. The summed E-state index contributed by atoms with van der Waals surface area (Å²) >= 11 is 7.95. The maximum absolute atomic E-state index is 13.9. The summed E-state index contributed by atoms with van der Waals surface area (Å²) in [6.07, 6.45) is -4.94. The lowest BCUT2D eigenvalue weighted by atomic mass is 10.2. The SMILES string of the molecule is N#CC(=N)C(C(Br)=Nc1c(F)cc(C(F)(F)F)cc1Cl)S(=O)C(F)(F)F. The van der Waals surface area contributed by atoms with Crippen LogP contribution in [0.3, 0.4) is 0 Å². The molecule has 1 rings (SSSR count). The first kappa shape index (κ1) is 22.5. The number of rotatable bonds is 4. The first-order valence-corrected chi connectivity index (χ1v) is 8.34. The number of hydrogen-bond acceptors (Lipinski definition) is 4. The van der Waals surface area contributed by atoms with Gasteiger partial charge in [-0.1, -0.05) is 11.6 Å². The topological polar surface area (TPSA) is 77.1 Å². The normalized spacial score (nSPS) is 15.3. The van der Waals surface area contributed by atoms with E-state index in [0.29, 0.717) is 0 Å². The van der Waals surface area contributed by atoms with Crippen molar-refractivity contribution in [3.05, 3.63) is 28.5 Å². The third-order valence-corrected chi connectivity index (χ3v) is 5.17. The molecule has 0 aromatic heterocycles. The standard InChI is InChI=1S/C12H4BrClF7N3OS/c13-10(9(7(23)3-22)26(25)12(19,20)21)24-8-5(14)1-4(2-6(8)15)11(16,17)18/h1-2,9,23H. The zero-order valence-corrected chi connectivity index (χ0v) is 15.0. The quantitative estimate of drug-likeness (QED) is 0.475. The second-order valence-corrected chi connectivity index (χ2v) is 7.12. The van der Waals surface area contributed by atoms with Gasteiger partial charge in [0.15, 0.2) is 5.82 Å². The van der Waals surface area contributed by atoms with Gasteiger partial charge in [-0.3, -0.25) is 5.41 Å². The van der Waals surface area contributed by atoms with Crippen LogP contribution in [0.4, 0.5) is 36.4 Å². The molecule has 2 atom stereocenters. The van der Waals surface area contributed by atoms with E-state index < -0.39 is 60.2 Å². The number of benzene rings is 1. The summed E-state index contributed by atoms with van der Waals surface area (Å²) < 4.78 is 99.9. The van der Waals surface area contributed by atoms with Crippen molar-refractivity contribution < 1.29 is 34.9 Å². The Kier molecular flexibility index (Phi) is 6.94. The number of halogens is 9. The molecule has 0 radical (unpaired) electrons. The molecule has 142 valence electrons. The van der Waals surface area contributed by atoms with E-state index in [-0.39, 0.29) is 12.1 Å². The van der Waals surface area contributed by atoms with Crippen molar-refractivity contribution in [2.24, 2.45) is 4.99 Å². The van der Waals surface area contributed by atoms with E-state index in [1.54, 1.807) is 0 Å². The minimum atomic E-state index is -5.34. The van der Waals surface area contributed by atoms with Gasteiger partial charge < -0.3 is 0 Å². The summed E-state index contributed by atoms with van der Waals surface area (Å²) in [7, 11) is -3.81. The van der Waals surface area contributed by atoms with Gasteiger partial charge >= 0.3 is 11.7 Å². The highest BCUT2D eigenvalue weighted by molar-refractivity contribution is 9.18. The maximum atomic E-state index is 13.9. The zero-order valence-electron chi connectivity index (χ0n) is 11.8. The maximum Gasteiger partial charge on any atom is 0.472 e. The molecule has 26 heavy (non-hydrogen) atoms. The minimum Gasteiger partial charge on any atom is -0.293 e. The molecule has 0 amide bonds. The summed E-state index contributed by atoms with van der Waals surface area (Å²) in [5.74, 6) is -1.62. The molecule has 1 aromatic carbocycles. The molecular formula is C12H4BrClF7N3OS. The fourth-order valence-electron chi connectivity index (χ4n) is 1.51. The molecule has 0 spiro atoms. The molecule has 0 saturated carbocycles. The van der Waals surface area contributed by atoms with Gasteiger partial charge in [0.2, 0.25) is 0 Å². The Bertz CT molecular complexity index is 809. The first-order chi connectivity index (χ1) is 11.7. The summed E-state index contributed by atoms with van der Waals surface area (Å²) in [5, 5.41) is 12.4. The van der Waals surface area contributed by atoms with Crippen LogP contribution in [0.1, 0.15) is 5.56 Å². The average molecular weight is 487 g/mol. The summed E-state index contributed by atoms with van der Waals surface area (Å²) in [6, 6.07) is 1.34. The molecule has 4 nitrogen and oxygen atoms in total. The Morgan fingerprint density at radius 1 is 1.31 bits per heavy atom. The average Bonchev–Trinajstić information content (AvgIpc) is 2.48. The van der Waals surface area contributed by atoms with E-state index in [1.165, 1.54) is 0 Å². The van der Waals surface area contributed by atoms with Crippen molar-refractivity contribution in [2.75, 3.05) is 0 Å². The van der Waals surface area contributed by atoms with Crippen LogP contribution >= 0.6 is 27.5 Å². The summed E-state index contributed by atoms with van der Waals surface area (Å²) in [5.41, 5.74) is -9.11. The van der Waals surface area contributed by atoms with E-state index >= 15 is 0 Å². The largest absolute Gasteiger partial charge is 0.472 e. The van der Waals surface area contributed by atoms with E-state index in [9.17, 15) is 34.9 Å². The van der Waals surface area contributed by atoms with Crippen LogP contribution in [0.2, 0.25) is 5.02 Å². The molecule has 1 N–H and O–H groups in total. The molecule has 0 heterocycles. The monoisotopic (exact) mass is 485 g/mol. The van der Waals surface area contributed by atoms with Crippen molar-refractivity contribution in [1.29, 1.82) is 10.7 Å². The smallest absolute Gasteiger partial charge is 0.293 e. The van der Waals surface area contributed by atoms with E-state index in [2.05, 4.69) is 20.9 Å². The third kappa shape index (κ3) is 5.24. The number of nitriles is 1. The lowest BCUT2D eigenvalue weighted by Gasteiger charge is -2.15. The van der Waals surface area contributed by atoms with Crippen molar-refractivity contribution >= 4 is 54.4 Å². The lowest BCUT2D eigenvalue weighted by Crippen LogP contribution is -2.37. The zero-order chi connectivity index (χ0) is 20.4. The van der Waals surface area contributed by atoms with Crippen molar-refractivity contribution in [1.82, 2.24) is 0 Å². The summed E-state index contributed by atoms with van der Waals surface area (Å²) in [6.45, 7) is 0. The highest BCUT2D eigenvalue weighted by Crippen LogP contribution is 2.37. The van der Waals surface area contributed by atoms with Crippen LogP contribution in [-0.2, 0) is 17.0 Å². The Hall–Kier alpha value is -1.52. The van der Waals surface area contributed by atoms with E-state index in [0.717, 1.165) is 6.07 Å². The molecular weight excluding hydrogens is 483 g/mol. The highest BCUT2D eigenvalue weighted by Gasteiger charge is 2.45. The predicted octanol–water partition coefficient (Wildman–Crippen LogP) is 5.10. The van der Waals surface area contributed by atoms with Gasteiger partial charge in [0.1, 0.15) is 38.1 Å². The summed E-state index contributed by atoms with van der Waals surface area (Å²) in [4.78, 5) is 3.26. The molecule has 0 fully saturated rings. The van der Waals surface area contributed by atoms with Crippen LogP contribution in [0.25, 0.3) is 0 Å². The molecule has 0 aliphatic carbocycles. The fraction of sp³-hybridized carbons (Fsp3) is 0.250. The molecule has 14 heteroatoms. The molecule has 0 aliphatic rings. The van der Waals surface area contributed by atoms with Crippen LogP contribution in [0.5, 0.6) is 0 Å². The number of aliphatic imine (C=N–C) groups is 1. The number of hydrogen-bond donors (Lipinski definition) is 1. The minimum absolute atomic E-state index is 0.0103. The van der Waals surface area contributed by atoms with E-state index in [4.69, 9.17) is 22.3 Å². The van der Waals surface area contributed by atoms with Crippen LogP contribution < -0.4 is 0 Å². The van der Waals surface area contributed by atoms with Gasteiger partial charge in [0.05, 0.1) is 10.6 Å². The number of alkyl halides is 6. The van der Waals surface area contributed by atoms with Gasteiger partial charge in [-0.2, -0.15) is 31.6 Å². The Morgan fingerprint density at radius 3 is 2.23 bits per heavy atom. The third-order valence-electron chi connectivity index (χ3n) is 2.60. The second-order valence-electron chi connectivity index (χ2n) is 4.37. The van der Waals surface area contributed by atoms with Crippen molar-refractivity contribution in [3.63, 3.8) is 0 Å². The van der Waals surface area contributed by atoms with Gasteiger partial charge in [0.25, 0.3) is 0 Å².